The molecule has 3 aromatic rings. The van der Waals surface area contributed by atoms with E-state index in [4.69, 9.17) is 28.4 Å². The maximum atomic E-state index is 6.62. The van der Waals surface area contributed by atoms with Gasteiger partial charge in [0.05, 0.1) is 32.2 Å². The van der Waals surface area contributed by atoms with Crippen LogP contribution < -0.4 is 0 Å². The van der Waals surface area contributed by atoms with Crippen LogP contribution in [0.5, 0.6) is 0 Å². The van der Waals surface area contributed by atoms with Crippen LogP contribution in [-0.2, 0) is 54.7 Å². The van der Waals surface area contributed by atoms with E-state index in [1.54, 1.807) is 7.11 Å². The van der Waals surface area contributed by atoms with Crippen LogP contribution in [0.25, 0.3) is 0 Å². The summed E-state index contributed by atoms with van der Waals surface area (Å²) in [6.45, 7) is 6.97. The zero-order chi connectivity index (χ0) is 33.4. The largest absolute Gasteiger partial charge is 0.366 e. The van der Waals surface area contributed by atoms with Gasteiger partial charge in [0, 0.05) is 25.8 Å². The molecule has 4 heterocycles. The Morgan fingerprint density at radius 3 is 1.85 bits per heavy atom. The van der Waals surface area contributed by atoms with Gasteiger partial charge in [-0.3, -0.25) is 9.36 Å². The van der Waals surface area contributed by atoms with Crippen molar-refractivity contribution in [2.75, 3.05) is 13.7 Å². The van der Waals surface area contributed by atoms with E-state index in [1.165, 1.54) is 64.2 Å². The zero-order valence-corrected chi connectivity index (χ0v) is 29.2. The number of unbranched alkanes of at least 4 members (excludes halogenated alkanes) is 10. The van der Waals surface area contributed by atoms with Gasteiger partial charge in [0.1, 0.15) is 35.8 Å². The molecule has 0 N–H and O–H groups in total. The number of hydrogen-bond donors (Lipinski definition) is 0. The maximum Gasteiger partial charge on any atom is 0.186 e. The van der Waals surface area contributed by atoms with Crippen molar-refractivity contribution in [3.63, 3.8) is 0 Å². The first-order chi connectivity index (χ1) is 23.7. The lowest BCUT2D eigenvalue weighted by atomic mass is 9.97. The van der Waals surface area contributed by atoms with Gasteiger partial charge in [0.2, 0.25) is 0 Å². The normalized spacial score (nSPS) is 24.1. The highest BCUT2D eigenvalue weighted by Crippen LogP contribution is 2.37. The number of methoxy groups -OCH3 is 1. The van der Waals surface area contributed by atoms with Gasteiger partial charge in [0.25, 0.3) is 0 Å². The number of nitrogens with zero attached hydrogens (tertiary/aromatic N) is 6. The first-order valence-corrected chi connectivity index (χ1v) is 18.2. The quantitative estimate of drug-likeness (QED) is 0.109. The summed E-state index contributed by atoms with van der Waals surface area (Å²) < 4.78 is 41.7. The van der Waals surface area contributed by atoms with Gasteiger partial charge in [-0.2, -0.15) is 0 Å². The average Bonchev–Trinajstić information content (AvgIpc) is 3.78. The Labute approximate surface area is 285 Å². The lowest BCUT2D eigenvalue weighted by molar-refractivity contribution is -0.369. The first-order valence-electron chi connectivity index (χ1n) is 18.2. The Balaban J connectivity index is 1.23. The van der Waals surface area contributed by atoms with Crippen LogP contribution in [0.1, 0.15) is 114 Å². The molecule has 0 spiro atoms. The zero-order valence-electron chi connectivity index (χ0n) is 29.2. The molecule has 1 aromatic carbocycles. The van der Waals surface area contributed by atoms with Gasteiger partial charge >= 0.3 is 0 Å². The van der Waals surface area contributed by atoms with Crippen molar-refractivity contribution < 1.29 is 28.4 Å². The van der Waals surface area contributed by atoms with Crippen LogP contribution in [0.2, 0.25) is 0 Å². The summed E-state index contributed by atoms with van der Waals surface area (Å²) in [6.07, 6.45) is 15.4. The number of ether oxygens (including phenoxy) is 6. The summed E-state index contributed by atoms with van der Waals surface area (Å²) in [7, 11) is 1.61. The minimum Gasteiger partial charge on any atom is -0.366 e. The molecule has 266 valence electrons. The third-order valence-corrected chi connectivity index (χ3v) is 9.09. The highest BCUT2D eigenvalue weighted by molar-refractivity contribution is 5.16. The molecule has 2 aromatic heterocycles. The molecule has 48 heavy (non-hydrogen) atoms. The summed E-state index contributed by atoms with van der Waals surface area (Å²) in [6, 6.07) is 9.91. The van der Waals surface area contributed by atoms with E-state index in [9.17, 15) is 0 Å². The topological polar surface area (TPSA) is 117 Å². The Kier molecular flexibility index (Phi) is 15.3. The molecule has 12 heteroatoms. The lowest BCUT2D eigenvalue weighted by Crippen LogP contribution is -2.63. The van der Waals surface area contributed by atoms with Crippen LogP contribution in [0.3, 0.4) is 0 Å². The summed E-state index contributed by atoms with van der Waals surface area (Å²) in [5.41, 5.74) is 2.42. The SMILES string of the molecule is CCCCCCCCn1cc(COC2C(OC)OC3COC(c4ccccc4)OC3C2OCc2cn(CCCCCCCC)nn2)nn1. The molecule has 0 bridgehead atoms. The van der Waals surface area contributed by atoms with E-state index < -0.39 is 37.0 Å². The Bertz CT molecular complexity index is 1290. The number of aromatic nitrogens is 6. The maximum absolute atomic E-state index is 6.62. The summed E-state index contributed by atoms with van der Waals surface area (Å²) in [5.74, 6) is 0. The van der Waals surface area contributed by atoms with Crippen molar-refractivity contribution in [3.8, 4) is 0 Å². The van der Waals surface area contributed by atoms with Gasteiger partial charge in [-0.15, -0.1) is 10.2 Å². The second-order valence-corrected chi connectivity index (χ2v) is 13.0. The minimum atomic E-state index is -0.696. The molecule has 2 saturated heterocycles. The first kappa shape index (κ1) is 36.5. The van der Waals surface area contributed by atoms with Crippen LogP contribution in [0.4, 0.5) is 0 Å². The lowest BCUT2D eigenvalue weighted by Gasteiger charge is -2.48. The fourth-order valence-electron chi connectivity index (χ4n) is 6.38. The van der Waals surface area contributed by atoms with Crippen molar-refractivity contribution in [2.45, 2.75) is 154 Å². The van der Waals surface area contributed by atoms with Crippen molar-refractivity contribution in [1.82, 2.24) is 30.0 Å². The second-order valence-electron chi connectivity index (χ2n) is 13.0. The van der Waals surface area contributed by atoms with E-state index in [1.807, 2.05) is 52.1 Å². The third-order valence-electron chi connectivity index (χ3n) is 9.09. The van der Waals surface area contributed by atoms with Gasteiger partial charge < -0.3 is 28.4 Å². The smallest absolute Gasteiger partial charge is 0.186 e. The van der Waals surface area contributed by atoms with Gasteiger partial charge in [-0.05, 0) is 12.8 Å². The van der Waals surface area contributed by atoms with Crippen molar-refractivity contribution in [1.29, 1.82) is 0 Å². The number of hydrogen-bond acceptors (Lipinski definition) is 10. The van der Waals surface area contributed by atoms with Gasteiger partial charge in [0.15, 0.2) is 12.6 Å². The van der Waals surface area contributed by atoms with Crippen LogP contribution in [-0.4, -0.2) is 74.4 Å². The van der Waals surface area contributed by atoms with Crippen molar-refractivity contribution >= 4 is 0 Å². The highest BCUT2D eigenvalue weighted by atomic mass is 16.8. The summed E-state index contributed by atoms with van der Waals surface area (Å²) >= 11 is 0. The molecular formula is C36H56N6O6. The fourth-order valence-corrected chi connectivity index (χ4v) is 6.38. The molecule has 5 rings (SSSR count). The molecule has 0 amide bonds. The molecule has 2 aliphatic heterocycles. The second kappa shape index (κ2) is 20.1. The van der Waals surface area contributed by atoms with Crippen molar-refractivity contribution in [3.05, 3.63) is 59.7 Å². The number of fused-ring (bicyclic) bond motifs is 1. The molecule has 0 saturated carbocycles. The number of rotatable bonds is 22. The van der Waals surface area contributed by atoms with Crippen molar-refractivity contribution in [2.24, 2.45) is 0 Å². The van der Waals surface area contributed by atoms with E-state index in [0.29, 0.717) is 6.61 Å². The number of aryl methyl sites for hydroxylation is 2. The van der Waals surface area contributed by atoms with E-state index in [2.05, 4.69) is 34.5 Å². The standard InChI is InChI=1S/C36H56N6O6/c1-4-6-8-10-12-17-21-41-23-29(37-39-41)25-44-33-32-31(27-46-35(48-32)28-19-15-14-16-20-28)47-36(43-3)34(33)45-26-30-24-42(40-38-30)22-18-13-11-9-7-5-2/h14-16,19-20,23-24,31-36H,4-13,17-18,21-22,25-27H2,1-3H3. The minimum absolute atomic E-state index is 0.231. The number of benzene rings is 1. The average molecular weight is 669 g/mol. The van der Waals surface area contributed by atoms with Gasteiger partial charge in [-0.1, -0.05) is 119 Å². The molecule has 2 aliphatic rings. The van der Waals surface area contributed by atoms with Crippen LogP contribution in [0, 0.1) is 0 Å². The third kappa shape index (κ3) is 10.9. The summed E-state index contributed by atoms with van der Waals surface area (Å²) in [4.78, 5) is 0. The molecule has 2 fully saturated rings. The molecule has 6 unspecified atom stereocenters. The van der Waals surface area contributed by atoms with Crippen LogP contribution in [0.15, 0.2) is 42.7 Å². The molecule has 0 aliphatic carbocycles. The van der Waals surface area contributed by atoms with E-state index in [-0.39, 0.29) is 13.2 Å². The highest BCUT2D eigenvalue weighted by Gasteiger charge is 2.51. The molecule has 0 radical (unpaired) electrons. The Hall–Kier alpha value is -2.74. The Morgan fingerprint density at radius 1 is 0.708 bits per heavy atom. The molecule has 6 atom stereocenters. The van der Waals surface area contributed by atoms with E-state index >= 15 is 0 Å². The van der Waals surface area contributed by atoms with Gasteiger partial charge in [-0.25, -0.2) is 0 Å². The monoisotopic (exact) mass is 668 g/mol. The van der Waals surface area contributed by atoms with E-state index in [0.717, 1.165) is 42.9 Å². The predicted octanol–water partition coefficient (Wildman–Crippen LogP) is 6.55. The molecule has 12 nitrogen and oxygen atoms in total. The Morgan fingerprint density at radius 2 is 1.27 bits per heavy atom. The molecular weight excluding hydrogens is 612 g/mol. The predicted molar refractivity (Wildman–Crippen MR) is 180 cm³/mol. The summed E-state index contributed by atoms with van der Waals surface area (Å²) in [5, 5.41) is 17.5. The van der Waals surface area contributed by atoms with Crippen LogP contribution >= 0.6 is 0 Å². The fraction of sp³-hybridized carbons (Fsp3) is 0.722.